The van der Waals surface area contributed by atoms with E-state index in [-0.39, 0.29) is 17.7 Å². The third-order valence-corrected chi connectivity index (χ3v) is 5.82. The smallest absolute Gasteiger partial charge is 0.228 e. The number of para-hydroxylation sites is 1. The van der Waals surface area contributed by atoms with Gasteiger partial charge >= 0.3 is 0 Å². The second-order valence-electron chi connectivity index (χ2n) is 7.58. The number of piperazine rings is 1. The lowest BCUT2D eigenvalue weighted by Gasteiger charge is -2.37. The van der Waals surface area contributed by atoms with Crippen LogP contribution in [0.2, 0.25) is 0 Å². The van der Waals surface area contributed by atoms with E-state index in [9.17, 15) is 9.59 Å². The van der Waals surface area contributed by atoms with E-state index in [0.717, 1.165) is 25.2 Å². The maximum atomic E-state index is 13.0. The predicted molar refractivity (Wildman–Crippen MR) is 112 cm³/mol. The van der Waals surface area contributed by atoms with Crippen molar-refractivity contribution in [3.63, 3.8) is 0 Å². The molecule has 2 saturated heterocycles. The molecule has 5 nitrogen and oxygen atoms in total. The van der Waals surface area contributed by atoms with E-state index in [4.69, 9.17) is 0 Å². The van der Waals surface area contributed by atoms with Crippen molar-refractivity contribution in [1.29, 1.82) is 0 Å². The van der Waals surface area contributed by atoms with Gasteiger partial charge in [-0.25, -0.2) is 0 Å². The summed E-state index contributed by atoms with van der Waals surface area (Å²) in [5.74, 6) is -0.0641. The lowest BCUT2D eigenvalue weighted by Crippen LogP contribution is -2.50. The molecule has 2 aromatic rings. The van der Waals surface area contributed by atoms with E-state index >= 15 is 0 Å². The molecule has 4 rings (SSSR count). The summed E-state index contributed by atoms with van der Waals surface area (Å²) >= 11 is 0. The molecule has 2 aliphatic rings. The molecule has 0 bridgehead atoms. The van der Waals surface area contributed by atoms with E-state index in [0.29, 0.717) is 26.1 Å². The summed E-state index contributed by atoms with van der Waals surface area (Å²) in [5, 5.41) is 0. The van der Waals surface area contributed by atoms with Crippen LogP contribution in [-0.4, -0.2) is 49.4 Å². The van der Waals surface area contributed by atoms with Crippen molar-refractivity contribution in [1.82, 2.24) is 4.90 Å². The van der Waals surface area contributed by atoms with Crippen molar-refractivity contribution in [3.05, 3.63) is 60.2 Å². The number of rotatable bonds is 4. The zero-order valence-corrected chi connectivity index (χ0v) is 16.4. The molecule has 1 atom stereocenters. The van der Waals surface area contributed by atoms with Gasteiger partial charge in [0.15, 0.2) is 0 Å². The van der Waals surface area contributed by atoms with Gasteiger partial charge in [0.2, 0.25) is 11.8 Å². The number of hydrogen-bond donors (Lipinski definition) is 0. The molecule has 0 saturated carbocycles. The molecular formula is C23H27N3O2. The van der Waals surface area contributed by atoms with Crippen LogP contribution in [0.5, 0.6) is 0 Å². The minimum Gasteiger partial charge on any atom is -0.368 e. The van der Waals surface area contributed by atoms with E-state index < -0.39 is 0 Å². The molecule has 0 radical (unpaired) electrons. The molecule has 2 aromatic carbocycles. The maximum absolute atomic E-state index is 13.0. The zero-order chi connectivity index (χ0) is 19.5. The Morgan fingerprint density at radius 3 is 2.39 bits per heavy atom. The van der Waals surface area contributed by atoms with Crippen LogP contribution in [0.4, 0.5) is 11.4 Å². The predicted octanol–water partition coefficient (Wildman–Crippen LogP) is 2.95. The first kappa shape index (κ1) is 18.5. The molecule has 2 aliphatic heterocycles. The number of anilines is 2. The number of aryl methyl sites for hydroxylation is 1. The Kier molecular flexibility index (Phi) is 5.33. The Morgan fingerprint density at radius 1 is 0.964 bits per heavy atom. The third kappa shape index (κ3) is 3.75. The first-order valence-electron chi connectivity index (χ1n) is 10.1. The number of carbonyl (C=O) groups is 2. The Bertz CT molecular complexity index is 844. The second kappa shape index (κ2) is 8.05. The Balaban J connectivity index is 1.37. The van der Waals surface area contributed by atoms with Crippen molar-refractivity contribution >= 4 is 23.2 Å². The Morgan fingerprint density at radius 2 is 1.68 bits per heavy atom. The summed E-state index contributed by atoms with van der Waals surface area (Å²) < 4.78 is 0. The molecule has 2 fully saturated rings. The van der Waals surface area contributed by atoms with Crippen LogP contribution in [0.3, 0.4) is 0 Å². The Labute approximate surface area is 166 Å². The van der Waals surface area contributed by atoms with Crippen LogP contribution in [-0.2, 0) is 16.0 Å². The van der Waals surface area contributed by atoms with Gasteiger partial charge in [0.1, 0.15) is 0 Å². The lowest BCUT2D eigenvalue weighted by atomic mass is 10.1. The molecule has 2 heterocycles. The van der Waals surface area contributed by atoms with Crippen LogP contribution in [0.15, 0.2) is 54.6 Å². The van der Waals surface area contributed by atoms with Crippen LogP contribution in [0, 0.1) is 5.92 Å². The van der Waals surface area contributed by atoms with E-state index in [1.165, 1.54) is 11.3 Å². The van der Waals surface area contributed by atoms with Gasteiger partial charge < -0.3 is 14.7 Å². The first-order valence-corrected chi connectivity index (χ1v) is 10.1. The van der Waals surface area contributed by atoms with Gasteiger partial charge in [0, 0.05) is 50.5 Å². The quantitative estimate of drug-likeness (QED) is 0.823. The minimum atomic E-state index is -0.235. The average Bonchev–Trinajstić information content (AvgIpc) is 3.15. The largest absolute Gasteiger partial charge is 0.368 e. The highest BCUT2D eigenvalue weighted by Gasteiger charge is 2.38. The molecule has 0 unspecified atom stereocenters. The van der Waals surface area contributed by atoms with Crippen molar-refractivity contribution in [2.45, 2.75) is 19.8 Å². The molecule has 0 N–H and O–H groups in total. The van der Waals surface area contributed by atoms with Crippen molar-refractivity contribution in [2.75, 3.05) is 42.5 Å². The summed E-state index contributed by atoms with van der Waals surface area (Å²) in [6, 6.07) is 18.4. The van der Waals surface area contributed by atoms with Gasteiger partial charge in [-0.05, 0) is 36.2 Å². The normalized spacial score (nSPS) is 20.0. The van der Waals surface area contributed by atoms with Crippen LogP contribution >= 0.6 is 0 Å². The Hall–Kier alpha value is -2.82. The molecular weight excluding hydrogens is 350 g/mol. The van der Waals surface area contributed by atoms with Gasteiger partial charge in [-0.2, -0.15) is 0 Å². The molecule has 28 heavy (non-hydrogen) atoms. The highest BCUT2D eigenvalue weighted by molar-refractivity contribution is 6.00. The minimum absolute atomic E-state index is 0.0505. The lowest BCUT2D eigenvalue weighted by molar-refractivity contribution is -0.136. The summed E-state index contributed by atoms with van der Waals surface area (Å²) in [6.07, 6.45) is 1.25. The molecule has 0 spiro atoms. The van der Waals surface area contributed by atoms with Crippen molar-refractivity contribution in [3.8, 4) is 0 Å². The standard InChI is InChI=1S/C23H27N3O2/c1-2-18-7-6-10-21(15-18)26-17-19(16-22(26)27)23(28)25-13-11-24(12-14-25)20-8-4-3-5-9-20/h3-10,15,19H,2,11-14,16-17H2,1H3/t19-/m0/s1. The van der Waals surface area contributed by atoms with Gasteiger partial charge in [-0.1, -0.05) is 37.3 Å². The van der Waals surface area contributed by atoms with Crippen LogP contribution in [0.25, 0.3) is 0 Å². The number of hydrogen-bond acceptors (Lipinski definition) is 3. The number of carbonyl (C=O) groups excluding carboxylic acids is 2. The summed E-state index contributed by atoms with van der Waals surface area (Å²) in [4.78, 5) is 31.6. The molecule has 0 aromatic heterocycles. The maximum Gasteiger partial charge on any atom is 0.228 e. The number of amides is 2. The monoisotopic (exact) mass is 377 g/mol. The number of nitrogens with zero attached hydrogens (tertiary/aromatic N) is 3. The average molecular weight is 377 g/mol. The fraction of sp³-hybridized carbons (Fsp3) is 0.391. The fourth-order valence-electron chi connectivity index (χ4n) is 4.15. The molecule has 2 amide bonds. The summed E-state index contributed by atoms with van der Waals surface area (Å²) in [7, 11) is 0. The summed E-state index contributed by atoms with van der Waals surface area (Å²) in [5.41, 5.74) is 3.32. The van der Waals surface area contributed by atoms with Crippen LogP contribution in [0.1, 0.15) is 18.9 Å². The topological polar surface area (TPSA) is 43.9 Å². The van der Waals surface area contributed by atoms with Gasteiger partial charge in [-0.15, -0.1) is 0 Å². The van der Waals surface area contributed by atoms with Crippen molar-refractivity contribution < 1.29 is 9.59 Å². The number of benzene rings is 2. The van der Waals surface area contributed by atoms with Crippen molar-refractivity contribution in [2.24, 2.45) is 5.92 Å². The fourth-order valence-corrected chi connectivity index (χ4v) is 4.15. The molecule has 5 heteroatoms. The highest BCUT2D eigenvalue weighted by Crippen LogP contribution is 2.28. The van der Waals surface area contributed by atoms with E-state index in [2.05, 4.69) is 36.1 Å². The molecule has 0 aliphatic carbocycles. The molecule has 146 valence electrons. The third-order valence-electron chi connectivity index (χ3n) is 5.82. The highest BCUT2D eigenvalue weighted by atomic mass is 16.2. The van der Waals surface area contributed by atoms with Gasteiger partial charge in [0.25, 0.3) is 0 Å². The van der Waals surface area contributed by atoms with Gasteiger partial charge in [-0.3, -0.25) is 9.59 Å². The SMILES string of the molecule is CCc1cccc(N2C[C@@H](C(=O)N3CCN(c4ccccc4)CC3)CC2=O)c1. The van der Waals surface area contributed by atoms with Crippen LogP contribution < -0.4 is 9.80 Å². The zero-order valence-electron chi connectivity index (χ0n) is 16.4. The summed E-state index contributed by atoms with van der Waals surface area (Å²) in [6.45, 7) is 5.68. The first-order chi connectivity index (χ1) is 13.7. The van der Waals surface area contributed by atoms with E-state index in [1.54, 1.807) is 4.90 Å². The second-order valence-corrected chi connectivity index (χ2v) is 7.58. The van der Waals surface area contributed by atoms with E-state index in [1.807, 2.05) is 35.2 Å². The van der Waals surface area contributed by atoms with Gasteiger partial charge in [0.05, 0.1) is 5.92 Å².